The predicted octanol–water partition coefficient (Wildman–Crippen LogP) is 0.850. The summed E-state index contributed by atoms with van der Waals surface area (Å²) in [5.74, 6) is 0. The summed E-state index contributed by atoms with van der Waals surface area (Å²) in [6.45, 7) is 1.88. The Kier molecular flexibility index (Phi) is 1.40. The minimum Gasteiger partial charge on any atom is -0.298 e. The lowest BCUT2D eigenvalue weighted by Gasteiger charge is -1.89. The Morgan fingerprint density at radius 2 is 2.42 bits per heavy atom. The van der Waals surface area contributed by atoms with E-state index < -0.39 is 0 Å². The lowest BCUT2D eigenvalue weighted by Crippen LogP contribution is -1.88. The molecule has 0 aliphatic rings. The van der Waals surface area contributed by atoms with E-state index in [1.54, 1.807) is 16.9 Å². The van der Waals surface area contributed by atoms with Gasteiger partial charge in [0.15, 0.2) is 6.29 Å². The van der Waals surface area contributed by atoms with Gasteiger partial charge in [0.05, 0.1) is 11.7 Å². The van der Waals surface area contributed by atoms with Gasteiger partial charge >= 0.3 is 0 Å². The zero-order valence-corrected chi connectivity index (χ0v) is 6.56. The number of carbonyl (C=O) groups is 1. The second-order valence-electron chi connectivity index (χ2n) is 2.57. The molecule has 2 rings (SSSR count). The van der Waals surface area contributed by atoms with Gasteiger partial charge in [-0.2, -0.15) is 5.10 Å². The van der Waals surface area contributed by atoms with Gasteiger partial charge < -0.3 is 0 Å². The number of hydrogen-bond donors (Lipinski definition) is 0. The minimum atomic E-state index is 0.663. The lowest BCUT2D eigenvalue weighted by atomic mass is 10.2. The summed E-state index contributed by atoms with van der Waals surface area (Å²) in [4.78, 5) is 14.4. The van der Waals surface area contributed by atoms with Crippen molar-refractivity contribution < 1.29 is 4.79 Å². The Balaban J connectivity index is 2.87. The van der Waals surface area contributed by atoms with Crippen LogP contribution in [0.3, 0.4) is 0 Å². The molecule has 4 heteroatoms. The van der Waals surface area contributed by atoms with Crippen molar-refractivity contribution in [3.8, 4) is 0 Å². The Labute approximate surface area is 68.8 Å². The third-order valence-corrected chi connectivity index (χ3v) is 1.89. The number of fused-ring (bicyclic) bond motifs is 1. The number of hydrogen-bond acceptors (Lipinski definition) is 3. The number of carbonyl (C=O) groups excluding carboxylic acids is 1. The van der Waals surface area contributed by atoms with E-state index in [1.807, 2.05) is 6.92 Å². The molecule has 60 valence electrons. The molecule has 2 heterocycles. The first kappa shape index (κ1) is 6.97. The summed E-state index contributed by atoms with van der Waals surface area (Å²) < 4.78 is 1.64. The molecule has 0 aromatic carbocycles. The highest BCUT2D eigenvalue weighted by molar-refractivity contribution is 5.81. The van der Waals surface area contributed by atoms with Gasteiger partial charge in [-0.1, -0.05) is 0 Å². The maximum atomic E-state index is 10.5. The summed E-state index contributed by atoms with van der Waals surface area (Å²) in [6, 6.07) is 0. The van der Waals surface area contributed by atoms with Crippen molar-refractivity contribution >= 4 is 11.8 Å². The maximum absolute atomic E-state index is 10.5. The fourth-order valence-electron chi connectivity index (χ4n) is 1.18. The van der Waals surface area contributed by atoms with Crippen LogP contribution in [0.1, 0.15) is 15.9 Å². The van der Waals surface area contributed by atoms with Crippen LogP contribution in [0.2, 0.25) is 0 Å². The Hall–Kier alpha value is -1.71. The van der Waals surface area contributed by atoms with Crippen LogP contribution in [0.4, 0.5) is 0 Å². The molecule has 0 saturated carbocycles. The Bertz CT molecular complexity index is 433. The van der Waals surface area contributed by atoms with Gasteiger partial charge in [0.25, 0.3) is 0 Å². The lowest BCUT2D eigenvalue weighted by molar-refractivity contribution is 0.112. The molecule has 0 aliphatic carbocycles. The fourth-order valence-corrected chi connectivity index (χ4v) is 1.18. The molecule has 0 radical (unpaired) electrons. The van der Waals surface area contributed by atoms with E-state index in [0.29, 0.717) is 5.56 Å². The molecule has 4 nitrogen and oxygen atoms in total. The molecule has 0 N–H and O–H groups in total. The average Bonchev–Trinajstić information content (AvgIpc) is 2.44. The molecule has 0 aliphatic heterocycles. The molecule has 0 atom stereocenters. The zero-order valence-electron chi connectivity index (χ0n) is 6.56. The van der Waals surface area contributed by atoms with Crippen molar-refractivity contribution in [2.24, 2.45) is 0 Å². The van der Waals surface area contributed by atoms with E-state index in [-0.39, 0.29) is 0 Å². The van der Waals surface area contributed by atoms with Gasteiger partial charge in [0, 0.05) is 11.8 Å². The number of aromatic nitrogens is 3. The Morgan fingerprint density at radius 1 is 1.58 bits per heavy atom. The normalized spacial score (nSPS) is 10.4. The monoisotopic (exact) mass is 161 g/mol. The second kappa shape index (κ2) is 2.41. The van der Waals surface area contributed by atoms with Gasteiger partial charge in [-0.3, -0.25) is 4.79 Å². The number of aldehydes is 1. The van der Waals surface area contributed by atoms with Gasteiger partial charge in [-0.15, -0.1) is 0 Å². The summed E-state index contributed by atoms with van der Waals surface area (Å²) in [5, 5.41) is 3.96. The van der Waals surface area contributed by atoms with E-state index in [1.165, 1.54) is 6.33 Å². The van der Waals surface area contributed by atoms with E-state index >= 15 is 0 Å². The largest absolute Gasteiger partial charge is 0.298 e. The fraction of sp³-hybridized carbons (Fsp3) is 0.125. The van der Waals surface area contributed by atoms with Crippen molar-refractivity contribution in [2.75, 3.05) is 0 Å². The first-order valence-electron chi connectivity index (χ1n) is 3.56. The molecule has 2 aromatic heterocycles. The van der Waals surface area contributed by atoms with Crippen LogP contribution in [-0.4, -0.2) is 20.9 Å². The molecule has 0 fully saturated rings. The summed E-state index contributed by atoms with van der Waals surface area (Å²) in [6.07, 6.45) is 5.65. The van der Waals surface area contributed by atoms with Crippen molar-refractivity contribution in [1.82, 2.24) is 14.6 Å². The molecule has 0 saturated heterocycles. The van der Waals surface area contributed by atoms with Crippen LogP contribution in [0.25, 0.3) is 5.52 Å². The van der Waals surface area contributed by atoms with Crippen molar-refractivity contribution in [1.29, 1.82) is 0 Å². The third kappa shape index (κ3) is 0.812. The third-order valence-electron chi connectivity index (χ3n) is 1.89. The van der Waals surface area contributed by atoms with E-state index in [4.69, 9.17) is 0 Å². The molecular weight excluding hydrogens is 154 g/mol. The van der Waals surface area contributed by atoms with Crippen LogP contribution in [0, 0.1) is 6.92 Å². The molecule has 0 unspecified atom stereocenters. The average molecular weight is 161 g/mol. The topological polar surface area (TPSA) is 47.3 Å². The number of aryl methyl sites for hydroxylation is 1. The second-order valence-corrected chi connectivity index (χ2v) is 2.57. The smallest absolute Gasteiger partial charge is 0.151 e. The number of nitrogens with zero attached hydrogens (tertiary/aromatic N) is 3. The first-order valence-corrected chi connectivity index (χ1v) is 3.56. The SMILES string of the molecule is Cc1c(C=O)cn2ncncc12. The van der Waals surface area contributed by atoms with E-state index in [9.17, 15) is 4.79 Å². The van der Waals surface area contributed by atoms with Gasteiger partial charge in [-0.05, 0) is 12.5 Å². The first-order chi connectivity index (χ1) is 5.83. The van der Waals surface area contributed by atoms with Gasteiger partial charge in [0.2, 0.25) is 0 Å². The number of rotatable bonds is 1. The quantitative estimate of drug-likeness (QED) is 0.582. The highest BCUT2D eigenvalue weighted by atomic mass is 16.1. The standard InChI is InChI=1S/C8H7N3O/c1-6-7(4-12)3-11-8(6)2-9-5-10-11/h2-5H,1H3. The van der Waals surface area contributed by atoms with Crippen LogP contribution < -0.4 is 0 Å². The van der Waals surface area contributed by atoms with Gasteiger partial charge in [-0.25, -0.2) is 9.50 Å². The van der Waals surface area contributed by atoms with Gasteiger partial charge in [0.1, 0.15) is 6.33 Å². The molecular formula is C8H7N3O. The summed E-state index contributed by atoms with van der Waals surface area (Å²) in [7, 11) is 0. The highest BCUT2D eigenvalue weighted by Crippen LogP contribution is 2.12. The van der Waals surface area contributed by atoms with Crippen LogP contribution >= 0.6 is 0 Å². The molecule has 0 amide bonds. The minimum absolute atomic E-state index is 0.663. The molecule has 0 bridgehead atoms. The maximum Gasteiger partial charge on any atom is 0.151 e. The van der Waals surface area contributed by atoms with E-state index in [2.05, 4.69) is 10.1 Å². The van der Waals surface area contributed by atoms with Crippen molar-refractivity contribution in [3.05, 3.63) is 29.8 Å². The highest BCUT2D eigenvalue weighted by Gasteiger charge is 2.04. The molecule has 12 heavy (non-hydrogen) atoms. The zero-order chi connectivity index (χ0) is 8.55. The molecule has 2 aromatic rings. The van der Waals surface area contributed by atoms with Crippen molar-refractivity contribution in [2.45, 2.75) is 6.92 Å². The van der Waals surface area contributed by atoms with Crippen LogP contribution in [0.5, 0.6) is 0 Å². The summed E-state index contributed by atoms with van der Waals surface area (Å²) >= 11 is 0. The molecule has 0 spiro atoms. The predicted molar refractivity (Wildman–Crippen MR) is 43.1 cm³/mol. The van der Waals surface area contributed by atoms with E-state index in [0.717, 1.165) is 17.4 Å². The van der Waals surface area contributed by atoms with Crippen LogP contribution in [0.15, 0.2) is 18.7 Å². The Morgan fingerprint density at radius 3 is 3.08 bits per heavy atom. The van der Waals surface area contributed by atoms with Crippen molar-refractivity contribution in [3.63, 3.8) is 0 Å². The summed E-state index contributed by atoms with van der Waals surface area (Å²) in [5.41, 5.74) is 2.46. The van der Waals surface area contributed by atoms with Crippen LogP contribution in [-0.2, 0) is 0 Å².